The lowest BCUT2D eigenvalue weighted by Crippen LogP contribution is -2.27. The second-order valence-electron chi connectivity index (χ2n) is 5.82. The van der Waals surface area contributed by atoms with Crippen molar-refractivity contribution in [1.29, 1.82) is 0 Å². The van der Waals surface area contributed by atoms with Crippen molar-refractivity contribution >= 4 is 52.2 Å². The molecule has 2 amide bonds. The molecule has 1 aliphatic heterocycles. The number of carbonyl (C=O) groups excluding carboxylic acids is 2. The largest absolute Gasteiger partial charge is 0.490 e. The first kappa shape index (κ1) is 20.8. The molecule has 0 aliphatic carbocycles. The number of benzene rings is 2. The van der Waals surface area contributed by atoms with Crippen LogP contribution in [-0.4, -0.2) is 35.4 Å². The predicted octanol–water partition coefficient (Wildman–Crippen LogP) is 4.44. The highest BCUT2D eigenvalue weighted by atomic mass is 35.5. The molecule has 0 saturated carbocycles. The third-order valence-corrected chi connectivity index (χ3v) is 4.92. The normalized spacial score (nSPS) is 15.1. The quantitative estimate of drug-likeness (QED) is 0.645. The SMILES string of the molecule is CCOc1cc(C=C2SC(=O)N(c3ccc(Cl)cc3)C2=O)ccc1OCC(=O)O. The number of carbonyl (C=O) groups is 3. The van der Waals surface area contributed by atoms with E-state index in [4.69, 9.17) is 26.2 Å². The predicted molar refractivity (Wildman–Crippen MR) is 111 cm³/mol. The van der Waals surface area contributed by atoms with Crippen LogP contribution in [0.1, 0.15) is 12.5 Å². The molecule has 2 aromatic rings. The van der Waals surface area contributed by atoms with Crippen LogP contribution in [0, 0.1) is 0 Å². The number of hydrogen-bond donors (Lipinski definition) is 1. The number of carboxylic acid groups (broad SMARTS) is 1. The lowest BCUT2D eigenvalue weighted by atomic mass is 10.1. The van der Waals surface area contributed by atoms with Crippen molar-refractivity contribution in [2.24, 2.45) is 0 Å². The molecular formula is C20H16ClNO6S. The summed E-state index contributed by atoms with van der Waals surface area (Å²) in [5.74, 6) is -0.918. The number of anilines is 1. The standard InChI is InChI=1S/C20H16ClNO6S/c1-2-27-16-9-12(3-8-15(16)28-11-18(23)24)10-17-19(25)22(20(26)29-17)14-6-4-13(21)5-7-14/h3-10H,2,11H2,1H3,(H,23,24). The molecule has 0 spiro atoms. The van der Waals surface area contributed by atoms with E-state index < -0.39 is 23.7 Å². The third kappa shape index (κ3) is 4.90. The first-order chi connectivity index (χ1) is 13.9. The number of rotatable bonds is 7. The maximum Gasteiger partial charge on any atom is 0.341 e. The molecule has 1 N–H and O–H groups in total. The Balaban J connectivity index is 1.86. The maximum absolute atomic E-state index is 12.7. The van der Waals surface area contributed by atoms with Crippen molar-refractivity contribution < 1.29 is 29.0 Å². The Morgan fingerprint density at radius 1 is 1.14 bits per heavy atom. The van der Waals surface area contributed by atoms with E-state index in [9.17, 15) is 14.4 Å². The number of hydrogen-bond acceptors (Lipinski definition) is 6. The van der Waals surface area contributed by atoms with Crippen LogP contribution in [-0.2, 0) is 9.59 Å². The van der Waals surface area contributed by atoms with Gasteiger partial charge in [-0.2, -0.15) is 0 Å². The lowest BCUT2D eigenvalue weighted by Gasteiger charge is -2.12. The zero-order valence-electron chi connectivity index (χ0n) is 15.3. The van der Waals surface area contributed by atoms with Gasteiger partial charge in [0.2, 0.25) is 0 Å². The van der Waals surface area contributed by atoms with E-state index in [1.54, 1.807) is 55.5 Å². The number of amides is 2. The second kappa shape index (κ2) is 9.02. The molecule has 3 rings (SSSR count). The van der Waals surface area contributed by atoms with Crippen molar-refractivity contribution in [1.82, 2.24) is 0 Å². The summed E-state index contributed by atoms with van der Waals surface area (Å²) in [4.78, 5) is 37.1. The molecule has 1 saturated heterocycles. The Kier molecular flexibility index (Phi) is 6.46. The zero-order chi connectivity index (χ0) is 21.0. The fourth-order valence-electron chi connectivity index (χ4n) is 2.57. The van der Waals surface area contributed by atoms with Crippen molar-refractivity contribution in [3.63, 3.8) is 0 Å². The van der Waals surface area contributed by atoms with E-state index in [0.717, 1.165) is 16.7 Å². The molecule has 2 aromatic carbocycles. The van der Waals surface area contributed by atoms with Gasteiger partial charge in [0.15, 0.2) is 18.1 Å². The van der Waals surface area contributed by atoms with Crippen LogP contribution < -0.4 is 14.4 Å². The summed E-state index contributed by atoms with van der Waals surface area (Å²) in [7, 11) is 0. The zero-order valence-corrected chi connectivity index (χ0v) is 16.8. The fourth-order valence-corrected chi connectivity index (χ4v) is 3.54. The average molecular weight is 434 g/mol. The number of halogens is 1. The topological polar surface area (TPSA) is 93.1 Å². The molecule has 29 heavy (non-hydrogen) atoms. The highest BCUT2D eigenvalue weighted by Crippen LogP contribution is 2.37. The first-order valence-electron chi connectivity index (χ1n) is 8.54. The van der Waals surface area contributed by atoms with Crippen LogP contribution in [0.3, 0.4) is 0 Å². The summed E-state index contributed by atoms with van der Waals surface area (Å²) in [6.45, 7) is 1.63. The summed E-state index contributed by atoms with van der Waals surface area (Å²) in [5, 5.41) is 8.87. The van der Waals surface area contributed by atoms with Crippen LogP contribution in [0.25, 0.3) is 6.08 Å². The molecular weight excluding hydrogens is 418 g/mol. The van der Waals surface area contributed by atoms with Gasteiger partial charge in [0, 0.05) is 5.02 Å². The Morgan fingerprint density at radius 3 is 2.52 bits per heavy atom. The summed E-state index contributed by atoms with van der Waals surface area (Å²) in [6.07, 6.45) is 1.57. The van der Waals surface area contributed by atoms with Crippen LogP contribution in [0.15, 0.2) is 47.4 Å². The van der Waals surface area contributed by atoms with E-state index in [1.165, 1.54) is 0 Å². The summed E-state index contributed by atoms with van der Waals surface area (Å²) in [5.41, 5.74) is 1.05. The Labute approximate surface area is 175 Å². The molecule has 0 aromatic heterocycles. The average Bonchev–Trinajstić information content (AvgIpc) is 2.95. The molecule has 0 atom stereocenters. The number of nitrogens with zero attached hydrogens (tertiary/aromatic N) is 1. The smallest absolute Gasteiger partial charge is 0.341 e. The van der Waals surface area contributed by atoms with Gasteiger partial charge in [-0.1, -0.05) is 17.7 Å². The molecule has 7 nitrogen and oxygen atoms in total. The number of aliphatic carboxylic acids is 1. The van der Waals surface area contributed by atoms with Crippen LogP contribution >= 0.6 is 23.4 Å². The number of carboxylic acids is 1. The maximum atomic E-state index is 12.7. The van der Waals surface area contributed by atoms with Crippen LogP contribution in [0.2, 0.25) is 5.02 Å². The highest BCUT2D eigenvalue weighted by molar-refractivity contribution is 8.19. The molecule has 150 valence electrons. The van der Waals surface area contributed by atoms with Crippen molar-refractivity contribution in [3.05, 3.63) is 58.0 Å². The van der Waals surface area contributed by atoms with Gasteiger partial charge in [-0.25, -0.2) is 9.69 Å². The number of imide groups is 1. The Hall–Kier alpha value is -2.97. The van der Waals surface area contributed by atoms with Gasteiger partial charge in [0.05, 0.1) is 17.2 Å². The van der Waals surface area contributed by atoms with E-state index in [0.29, 0.717) is 28.6 Å². The van der Waals surface area contributed by atoms with E-state index in [-0.39, 0.29) is 10.7 Å². The minimum absolute atomic E-state index is 0.256. The fraction of sp³-hybridized carbons (Fsp3) is 0.150. The highest BCUT2D eigenvalue weighted by Gasteiger charge is 2.36. The van der Waals surface area contributed by atoms with Gasteiger partial charge in [-0.15, -0.1) is 0 Å². The monoisotopic (exact) mass is 433 g/mol. The molecule has 0 unspecified atom stereocenters. The summed E-state index contributed by atoms with van der Waals surface area (Å²) >= 11 is 6.69. The van der Waals surface area contributed by atoms with Gasteiger partial charge in [0.1, 0.15) is 0 Å². The molecule has 0 radical (unpaired) electrons. The Bertz CT molecular complexity index is 989. The lowest BCUT2D eigenvalue weighted by molar-refractivity contribution is -0.139. The summed E-state index contributed by atoms with van der Waals surface area (Å²) in [6, 6.07) is 11.2. The summed E-state index contributed by atoms with van der Waals surface area (Å²) < 4.78 is 10.7. The Morgan fingerprint density at radius 2 is 1.86 bits per heavy atom. The number of ether oxygens (including phenoxy) is 2. The van der Waals surface area contributed by atoms with Crippen molar-refractivity contribution in [3.8, 4) is 11.5 Å². The second-order valence-corrected chi connectivity index (χ2v) is 7.24. The molecule has 1 heterocycles. The van der Waals surface area contributed by atoms with Gasteiger partial charge in [-0.05, 0) is 66.7 Å². The molecule has 0 bridgehead atoms. The van der Waals surface area contributed by atoms with Gasteiger partial charge < -0.3 is 14.6 Å². The van der Waals surface area contributed by atoms with Gasteiger partial charge in [-0.3, -0.25) is 9.59 Å². The van der Waals surface area contributed by atoms with Crippen molar-refractivity contribution in [2.75, 3.05) is 18.1 Å². The minimum Gasteiger partial charge on any atom is -0.490 e. The van der Waals surface area contributed by atoms with E-state index >= 15 is 0 Å². The van der Waals surface area contributed by atoms with E-state index in [2.05, 4.69) is 0 Å². The molecule has 1 fully saturated rings. The molecule has 9 heteroatoms. The van der Waals surface area contributed by atoms with Crippen molar-refractivity contribution in [2.45, 2.75) is 6.92 Å². The first-order valence-corrected chi connectivity index (χ1v) is 9.73. The minimum atomic E-state index is -1.10. The van der Waals surface area contributed by atoms with Gasteiger partial charge >= 0.3 is 5.97 Å². The van der Waals surface area contributed by atoms with Crippen LogP contribution in [0.5, 0.6) is 11.5 Å². The molecule has 1 aliphatic rings. The van der Waals surface area contributed by atoms with Gasteiger partial charge in [0.25, 0.3) is 11.1 Å². The number of thioether (sulfide) groups is 1. The van der Waals surface area contributed by atoms with E-state index in [1.807, 2.05) is 0 Å². The third-order valence-electron chi connectivity index (χ3n) is 3.80. The van der Waals surface area contributed by atoms with Crippen LogP contribution in [0.4, 0.5) is 10.5 Å².